The van der Waals surface area contributed by atoms with Crippen LogP contribution in [0, 0.1) is 11.8 Å². The number of amides is 1. The van der Waals surface area contributed by atoms with Crippen LogP contribution < -0.4 is 5.32 Å². The van der Waals surface area contributed by atoms with Crippen LogP contribution in [0.5, 0.6) is 0 Å². The molecule has 5 nitrogen and oxygen atoms in total. The lowest BCUT2D eigenvalue weighted by Gasteiger charge is -2.19. The standard InChI is InChI=1S/C28H35NO4/c1-3-4-5-6-7-8-9-22-10-12-23(13-11-22)14-15-24-16-18-25(19-17-24)28(33)29-27(21(2)31)26(32)20-30/h10-13,16-19,21,27,30-31H,3-9,20H2,1-2H3,(H,29,33)/t21-,27+/m1/s1. The van der Waals surface area contributed by atoms with Gasteiger partial charge in [0.05, 0.1) is 6.10 Å². The Bertz CT molecular complexity index is 937. The minimum atomic E-state index is -1.15. The van der Waals surface area contributed by atoms with Gasteiger partial charge in [-0.25, -0.2) is 0 Å². The summed E-state index contributed by atoms with van der Waals surface area (Å²) in [5, 5.41) is 21.1. The zero-order chi connectivity index (χ0) is 24.1. The fourth-order valence-electron chi connectivity index (χ4n) is 3.51. The quantitative estimate of drug-likeness (QED) is 0.337. The van der Waals surface area contributed by atoms with Gasteiger partial charge in [0.15, 0.2) is 5.78 Å². The summed E-state index contributed by atoms with van der Waals surface area (Å²) in [6.07, 6.45) is 7.77. The first-order valence-electron chi connectivity index (χ1n) is 11.8. The Hall–Kier alpha value is -2.94. The van der Waals surface area contributed by atoms with Crippen molar-refractivity contribution in [2.24, 2.45) is 0 Å². The molecular formula is C28H35NO4. The Balaban J connectivity index is 1.89. The highest BCUT2D eigenvalue weighted by Crippen LogP contribution is 2.11. The van der Waals surface area contributed by atoms with Crippen LogP contribution in [0.2, 0.25) is 0 Å². The maximum Gasteiger partial charge on any atom is 0.251 e. The molecule has 0 aliphatic carbocycles. The van der Waals surface area contributed by atoms with E-state index >= 15 is 0 Å². The predicted molar refractivity (Wildman–Crippen MR) is 131 cm³/mol. The van der Waals surface area contributed by atoms with Crippen LogP contribution in [-0.2, 0) is 11.2 Å². The Morgan fingerprint density at radius 3 is 1.97 bits per heavy atom. The van der Waals surface area contributed by atoms with Crippen LogP contribution in [0.4, 0.5) is 0 Å². The van der Waals surface area contributed by atoms with Crippen molar-refractivity contribution in [3.8, 4) is 11.8 Å². The number of aliphatic hydroxyl groups is 2. The molecule has 3 N–H and O–H groups in total. The van der Waals surface area contributed by atoms with E-state index in [1.807, 2.05) is 12.1 Å². The van der Waals surface area contributed by atoms with Crippen LogP contribution in [0.3, 0.4) is 0 Å². The van der Waals surface area contributed by atoms with Gasteiger partial charge in [0.1, 0.15) is 12.6 Å². The van der Waals surface area contributed by atoms with Crippen LogP contribution >= 0.6 is 0 Å². The molecule has 2 rings (SSSR count). The van der Waals surface area contributed by atoms with E-state index < -0.39 is 30.4 Å². The molecule has 1 amide bonds. The lowest BCUT2D eigenvalue weighted by atomic mass is 10.0. The number of ketones is 1. The largest absolute Gasteiger partial charge is 0.391 e. The molecule has 0 spiro atoms. The fourth-order valence-corrected chi connectivity index (χ4v) is 3.51. The number of carbonyl (C=O) groups is 2. The molecule has 5 heteroatoms. The molecule has 33 heavy (non-hydrogen) atoms. The summed E-state index contributed by atoms with van der Waals surface area (Å²) in [6, 6.07) is 13.9. The highest BCUT2D eigenvalue weighted by molar-refractivity contribution is 5.98. The molecule has 0 unspecified atom stereocenters. The predicted octanol–water partition coefficient (Wildman–Crippen LogP) is 4.03. The molecule has 0 bridgehead atoms. The highest BCUT2D eigenvalue weighted by Gasteiger charge is 2.25. The molecule has 176 valence electrons. The Morgan fingerprint density at radius 2 is 1.42 bits per heavy atom. The number of aliphatic hydroxyl groups excluding tert-OH is 2. The summed E-state index contributed by atoms with van der Waals surface area (Å²) < 4.78 is 0. The van der Waals surface area contributed by atoms with E-state index in [4.69, 9.17) is 5.11 Å². The minimum Gasteiger partial charge on any atom is -0.391 e. The van der Waals surface area contributed by atoms with Gasteiger partial charge in [0, 0.05) is 16.7 Å². The maximum absolute atomic E-state index is 12.4. The second-order valence-electron chi connectivity index (χ2n) is 8.36. The van der Waals surface area contributed by atoms with Crippen molar-refractivity contribution in [3.63, 3.8) is 0 Å². The molecule has 0 radical (unpaired) electrons. The molecule has 2 atom stereocenters. The van der Waals surface area contributed by atoms with E-state index in [2.05, 4.69) is 36.2 Å². The van der Waals surface area contributed by atoms with E-state index in [0.29, 0.717) is 5.56 Å². The fraction of sp³-hybridized carbons (Fsp3) is 0.429. The van der Waals surface area contributed by atoms with Crippen molar-refractivity contribution in [1.29, 1.82) is 0 Å². The van der Waals surface area contributed by atoms with Gasteiger partial charge < -0.3 is 15.5 Å². The topological polar surface area (TPSA) is 86.6 Å². The minimum absolute atomic E-state index is 0.344. The first-order valence-corrected chi connectivity index (χ1v) is 11.8. The lowest BCUT2D eigenvalue weighted by Crippen LogP contribution is -2.48. The van der Waals surface area contributed by atoms with Gasteiger partial charge in [-0.15, -0.1) is 0 Å². The van der Waals surface area contributed by atoms with E-state index in [1.165, 1.54) is 51.0 Å². The normalized spacial score (nSPS) is 12.4. The molecule has 0 aliphatic rings. The summed E-state index contributed by atoms with van der Waals surface area (Å²) in [6.45, 7) is 2.88. The third kappa shape index (κ3) is 9.21. The number of hydrogen-bond acceptors (Lipinski definition) is 4. The van der Waals surface area contributed by atoms with Gasteiger partial charge in [-0.3, -0.25) is 9.59 Å². The summed E-state index contributed by atoms with van der Waals surface area (Å²) in [4.78, 5) is 24.0. The monoisotopic (exact) mass is 449 g/mol. The van der Waals surface area contributed by atoms with Crippen LogP contribution in [0.1, 0.15) is 79.4 Å². The molecule has 0 saturated carbocycles. The number of unbranched alkanes of at least 4 members (excludes halogenated alkanes) is 5. The molecular weight excluding hydrogens is 414 g/mol. The molecule has 0 heterocycles. The lowest BCUT2D eigenvalue weighted by molar-refractivity contribution is -0.125. The van der Waals surface area contributed by atoms with Gasteiger partial charge >= 0.3 is 0 Å². The van der Waals surface area contributed by atoms with Crippen molar-refractivity contribution >= 4 is 11.7 Å². The number of carbonyl (C=O) groups excluding carboxylic acids is 2. The average molecular weight is 450 g/mol. The number of aryl methyl sites for hydroxylation is 1. The Kier molecular flexibility index (Phi) is 11.4. The van der Waals surface area contributed by atoms with Crippen molar-refractivity contribution in [1.82, 2.24) is 5.32 Å². The van der Waals surface area contributed by atoms with E-state index in [1.54, 1.807) is 24.3 Å². The maximum atomic E-state index is 12.4. The van der Waals surface area contributed by atoms with E-state index in [0.717, 1.165) is 17.5 Å². The van der Waals surface area contributed by atoms with Crippen molar-refractivity contribution in [2.45, 2.75) is 70.9 Å². The SMILES string of the molecule is CCCCCCCCc1ccc(C#Cc2ccc(C(=O)N[C@H](C(=O)CO)[C@@H](C)O)cc2)cc1. The van der Waals surface area contributed by atoms with Gasteiger partial charge in [-0.05, 0) is 61.7 Å². The van der Waals surface area contributed by atoms with Gasteiger partial charge in [-0.1, -0.05) is 63.0 Å². The van der Waals surface area contributed by atoms with Gasteiger partial charge in [0.25, 0.3) is 5.91 Å². The molecule has 2 aromatic carbocycles. The molecule has 0 fully saturated rings. The third-order valence-electron chi connectivity index (χ3n) is 5.54. The average Bonchev–Trinajstić information content (AvgIpc) is 2.83. The molecule has 0 saturated heterocycles. The van der Waals surface area contributed by atoms with E-state index in [9.17, 15) is 14.7 Å². The number of hydrogen-bond donors (Lipinski definition) is 3. The highest BCUT2D eigenvalue weighted by atomic mass is 16.3. The second kappa shape index (κ2) is 14.3. The van der Waals surface area contributed by atoms with Crippen LogP contribution in [0.25, 0.3) is 0 Å². The number of rotatable bonds is 12. The van der Waals surface area contributed by atoms with E-state index in [-0.39, 0.29) is 0 Å². The summed E-state index contributed by atoms with van der Waals surface area (Å²) >= 11 is 0. The molecule has 2 aromatic rings. The van der Waals surface area contributed by atoms with Gasteiger partial charge in [0.2, 0.25) is 0 Å². The Morgan fingerprint density at radius 1 is 0.879 bits per heavy atom. The van der Waals surface area contributed by atoms with Crippen molar-refractivity contribution in [3.05, 3.63) is 70.8 Å². The summed E-state index contributed by atoms with van der Waals surface area (Å²) in [5.41, 5.74) is 3.38. The van der Waals surface area contributed by atoms with Gasteiger partial charge in [-0.2, -0.15) is 0 Å². The molecule has 0 aliphatic heterocycles. The summed E-state index contributed by atoms with van der Waals surface area (Å²) in [5.74, 6) is 5.10. The van der Waals surface area contributed by atoms with Crippen LogP contribution in [0.15, 0.2) is 48.5 Å². The first-order chi connectivity index (χ1) is 15.9. The zero-order valence-electron chi connectivity index (χ0n) is 19.6. The second-order valence-corrected chi connectivity index (χ2v) is 8.36. The number of nitrogens with one attached hydrogen (secondary N) is 1. The van der Waals surface area contributed by atoms with Crippen molar-refractivity contribution in [2.75, 3.05) is 6.61 Å². The number of Topliss-reactive ketones (excluding diaryl/α,β-unsaturated/α-hetero) is 1. The summed E-state index contributed by atoms with van der Waals surface area (Å²) in [7, 11) is 0. The molecule has 0 aromatic heterocycles. The Labute approximate surface area is 197 Å². The smallest absolute Gasteiger partial charge is 0.251 e. The number of benzene rings is 2. The van der Waals surface area contributed by atoms with Crippen molar-refractivity contribution < 1.29 is 19.8 Å². The third-order valence-corrected chi connectivity index (χ3v) is 5.54. The van der Waals surface area contributed by atoms with Crippen LogP contribution in [-0.4, -0.2) is 40.7 Å². The zero-order valence-corrected chi connectivity index (χ0v) is 19.6. The first kappa shape index (κ1) is 26.3.